The fraction of sp³-hybridized carbons (Fsp3) is 0.941. The molecule has 2 rings (SSSR count). The highest BCUT2D eigenvalue weighted by Crippen LogP contribution is 2.49. The number of hydrogen-bond donors (Lipinski definition) is 0. The summed E-state index contributed by atoms with van der Waals surface area (Å²) in [5.74, 6) is -0.445. The molecule has 1 aliphatic heterocycles. The summed E-state index contributed by atoms with van der Waals surface area (Å²) in [6.45, 7) is 10.3. The van der Waals surface area contributed by atoms with Crippen molar-refractivity contribution in [2.45, 2.75) is 72.0 Å². The topological polar surface area (TPSA) is 44.8 Å². The van der Waals surface area contributed by atoms with Crippen molar-refractivity contribution in [3.05, 3.63) is 0 Å². The number of rotatable bonds is 4. The van der Waals surface area contributed by atoms with E-state index in [1.165, 1.54) is 0 Å². The van der Waals surface area contributed by atoms with Gasteiger partial charge in [0.1, 0.15) is 0 Å². The molecule has 1 heterocycles. The van der Waals surface area contributed by atoms with Crippen LogP contribution in [0, 0.1) is 10.8 Å². The average Bonchev–Trinajstić information content (AvgIpc) is 2.87. The van der Waals surface area contributed by atoms with Gasteiger partial charge in [0.25, 0.3) is 0 Å². The third kappa shape index (κ3) is 3.98. The van der Waals surface area contributed by atoms with E-state index in [0.29, 0.717) is 19.8 Å². The predicted octanol–water partition coefficient (Wildman–Crippen LogP) is 3.68. The van der Waals surface area contributed by atoms with Gasteiger partial charge in [-0.05, 0) is 38.0 Å². The van der Waals surface area contributed by atoms with E-state index >= 15 is 0 Å². The quantitative estimate of drug-likeness (QED) is 0.743. The predicted molar refractivity (Wildman–Crippen MR) is 80.9 cm³/mol. The molecule has 1 saturated heterocycles. The molecule has 0 bridgehead atoms. The van der Waals surface area contributed by atoms with Crippen molar-refractivity contribution in [3.8, 4) is 0 Å². The first-order valence-electron chi connectivity index (χ1n) is 8.26. The van der Waals surface area contributed by atoms with E-state index in [0.717, 1.165) is 38.5 Å². The highest BCUT2D eigenvalue weighted by molar-refractivity contribution is 5.77. The summed E-state index contributed by atoms with van der Waals surface area (Å²) in [6, 6.07) is 0. The van der Waals surface area contributed by atoms with Crippen molar-refractivity contribution in [3.63, 3.8) is 0 Å². The number of ether oxygens (including phenoxy) is 3. The fourth-order valence-corrected chi connectivity index (χ4v) is 3.35. The van der Waals surface area contributed by atoms with Gasteiger partial charge in [0.15, 0.2) is 5.79 Å². The van der Waals surface area contributed by atoms with E-state index in [9.17, 15) is 4.79 Å². The van der Waals surface area contributed by atoms with Gasteiger partial charge in [-0.1, -0.05) is 20.8 Å². The Balaban J connectivity index is 2.05. The van der Waals surface area contributed by atoms with Crippen molar-refractivity contribution >= 4 is 5.97 Å². The van der Waals surface area contributed by atoms with Gasteiger partial charge in [-0.25, -0.2) is 0 Å². The van der Waals surface area contributed by atoms with Gasteiger partial charge in [0, 0.05) is 12.8 Å². The molecule has 0 radical (unpaired) electrons. The Kier molecular flexibility index (Phi) is 4.99. The second-order valence-corrected chi connectivity index (χ2v) is 7.67. The zero-order valence-electron chi connectivity index (χ0n) is 14.0. The van der Waals surface area contributed by atoms with Crippen molar-refractivity contribution < 1.29 is 19.0 Å². The minimum Gasteiger partial charge on any atom is -0.466 e. The smallest absolute Gasteiger partial charge is 0.312 e. The molecule has 1 spiro atoms. The second-order valence-electron chi connectivity index (χ2n) is 7.67. The Labute approximate surface area is 128 Å². The molecule has 4 nitrogen and oxygen atoms in total. The van der Waals surface area contributed by atoms with Gasteiger partial charge in [-0.2, -0.15) is 0 Å². The molecule has 0 aromatic rings. The maximum absolute atomic E-state index is 12.5. The van der Waals surface area contributed by atoms with E-state index in [2.05, 4.69) is 20.8 Å². The standard InChI is InChI=1S/C17H30O4/c1-5-19-14(18)16(7-6-15(2,3)4)8-10-17(11-9-16)20-12-13-21-17/h5-13H2,1-4H3. The second kappa shape index (κ2) is 6.25. The lowest BCUT2D eigenvalue weighted by Gasteiger charge is -2.42. The van der Waals surface area contributed by atoms with Gasteiger partial charge in [-0.3, -0.25) is 4.79 Å². The summed E-state index contributed by atoms with van der Waals surface area (Å²) in [4.78, 5) is 12.5. The van der Waals surface area contributed by atoms with Gasteiger partial charge in [-0.15, -0.1) is 0 Å². The highest BCUT2D eigenvalue weighted by Gasteiger charge is 2.50. The Morgan fingerprint density at radius 1 is 1.10 bits per heavy atom. The maximum Gasteiger partial charge on any atom is 0.312 e. The largest absolute Gasteiger partial charge is 0.466 e. The van der Waals surface area contributed by atoms with Crippen LogP contribution in [0.3, 0.4) is 0 Å². The molecule has 122 valence electrons. The molecule has 21 heavy (non-hydrogen) atoms. The van der Waals surface area contributed by atoms with Gasteiger partial charge >= 0.3 is 5.97 Å². The minimum atomic E-state index is -0.419. The van der Waals surface area contributed by atoms with Crippen molar-refractivity contribution in [2.24, 2.45) is 10.8 Å². The lowest BCUT2D eigenvalue weighted by Crippen LogP contribution is -2.44. The monoisotopic (exact) mass is 298 g/mol. The molecule has 2 aliphatic rings. The van der Waals surface area contributed by atoms with Crippen molar-refractivity contribution in [2.75, 3.05) is 19.8 Å². The van der Waals surface area contributed by atoms with Gasteiger partial charge in [0.05, 0.1) is 25.2 Å². The molecule has 0 aromatic carbocycles. The van der Waals surface area contributed by atoms with Crippen molar-refractivity contribution in [1.82, 2.24) is 0 Å². The molecular formula is C17H30O4. The van der Waals surface area contributed by atoms with E-state index < -0.39 is 5.79 Å². The first kappa shape index (κ1) is 16.8. The van der Waals surface area contributed by atoms with Crippen LogP contribution in [0.1, 0.15) is 66.2 Å². The molecule has 1 aliphatic carbocycles. The van der Waals surface area contributed by atoms with Crippen LogP contribution in [0.5, 0.6) is 0 Å². The average molecular weight is 298 g/mol. The van der Waals surface area contributed by atoms with Gasteiger partial charge in [0.2, 0.25) is 0 Å². The van der Waals surface area contributed by atoms with E-state index in [4.69, 9.17) is 14.2 Å². The summed E-state index contributed by atoms with van der Waals surface area (Å²) in [6.07, 6.45) is 5.14. The van der Waals surface area contributed by atoms with Crippen LogP contribution in [0.15, 0.2) is 0 Å². The van der Waals surface area contributed by atoms with Crippen LogP contribution < -0.4 is 0 Å². The van der Waals surface area contributed by atoms with Crippen LogP contribution in [0.25, 0.3) is 0 Å². The lowest BCUT2D eigenvalue weighted by molar-refractivity contribution is -0.200. The summed E-state index contributed by atoms with van der Waals surface area (Å²) >= 11 is 0. The number of esters is 1. The molecule has 4 heteroatoms. The Morgan fingerprint density at radius 3 is 2.14 bits per heavy atom. The summed E-state index contributed by atoms with van der Waals surface area (Å²) in [5.41, 5.74) is -0.112. The summed E-state index contributed by atoms with van der Waals surface area (Å²) in [7, 11) is 0. The molecule has 2 fully saturated rings. The van der Waals surface area contributed by atoms with Crippen LogP contribution in [0.2, 0.25) is 0 Å². The molecule has 0 aromatic heterocycles. The Morgan fingerprint density at radius 2 is 1.67 bits per heavy atom. The van der Waals surface area contributed by atoms with Crippen molar-refractivity contribution in [1.29, 1.82) is 0 Å². The third-order valence-electron chi connectivity index (χ3n) is 4.84. The first-order valence-corrected chi connectivity index (χ1v) is 8.26. The summed E-state index contributed by atoms with van der Waals surface area (Å²) in [5, 5.41) is 0. The third-order valence-corrected chi connectivity index (χ3v) is 4.84. The zero-order valence-corrected chi connectivity index (χ0v) is 14.0. The molecular weight excluding hydrogens is 268 g/mol. The Hall–Kier alpha value is -0.610. The number of carbonyl (C=O) groups excluding carboxylic acids is 1. The van der Waals surface area contributed by atoms with Crippen LogP contribution in [-0.4, -0.2) is 31.6 Å². The number of hydrogen-bond acceptors (Lipinski definition) is 4. The Bertz CT molecular complexity index is 353. The van der Waals surface area contributed by atoms with E-state index in [1.807, 2.05) is 6.92 Å². The van der Waals surface area contributed by atoms with Gasteiger partial charge < -0.3 is 14.2 Å². The van der Waals surface area contributed by atoms with Crippen LogP contribution >= 0.6 is 0 Å². The summed E-state index contributed by atoms with van der Waals surface area (Å²) < 4.78 is 17.0. The fourth-order valence-electron chi connectivity index (χ4n) is 3.35. The minimum absolute atomic E-state index is 0.0258. The van der Waals surface area contributed by atoms with Crippen LogP contribution in [0.4, 0.5) is 0 Å². The SMILES string of the molecule is CCOC(=O)C1(CCC(C)(C)C)CCC2(CC1)OCCO2. The number of carbonyl (C=O) groups is 1. The zero-order chi connectivity index (χ0) is 15.6. The molecule has 1 saturated carbocycles. The first-order chi connectivity index (χ1) is 9.81. The normalized spacial score (nSPS) is 24.2. The van der Waals surface area contributed by atoms with Crippen LogP contribution in [-0.2, 0) is 19.0 Å². The lowest BCUT2D eigenvalue weighted by atomic mass is 9.67. The molecule has 0 unspecified atom stereocenters. The molecule has 0 atom stereocenters. The van der Waals surface area contributed by atoms with E-state index in [1.54, 1.807) is 0 Å². The highest BCUT2D eigenvalue weighted by atomic mass is 16.7. The molecule has 0 N–H and O–H groups in total. The van der Waals surface area contributed by atoms with E-state index in [-0.39, 0.29) is 16.8 Å². The maximum atomic E-state index is 12.5. The molecule has 0 amide bonds.